The summed E-state index contributed by atoms with van der Waals surface area (Å²) < 4.78 is 13.0. The molecule has 1 fully saturated rings. The normalized spacial score (nSPS) is 15.0. The van der Waals surface area contributed by atoms with Crippen molar-refractivity contribution in [2.45, 2.75) is 19.8 Å². The van der Waals surface area contributed by atoms with Crippen LogP contribution in [0, 0.1) is 18.7 Å². The Morgan fingerprint density at radius 2 is 1.77 bits per heavy atom. The SMILES string of the molecule is Cc1ccc(NC(=O)C2CCN(C(=O)c3ccc(F)cc3)CC2)cc1Cl. The molecule has 0 aromatic heterocycles. The number of piperidine rings is 1. The molecule has 0 unspecified atom stereocenters. The largest absolute Gasteiger partial charge is 0.339 e. The molecule has 26 heavy (non-hydrogen) atoms. The van der Waals surface area contributed by atoms with Crippen molar-refractivity contribution in [3.05, 3.63) is 64.4 Å². The summed E-state index contributed by atoms with van der Waals surface area (Å²) >= 11 is 6.09. The molecule has 1 aliphatic heterocycles. The average Bonchev–Trinajstić information content (AvgIpc) is 2.65. The van der Waals surface area contributed by atoms with Gasteiger partial charge in [-0.2, -0.15) is 0 Å². The zero-order valence-electron chi connectivity index (χ0n) is 14.5. The first-order valence-electron chi connectivity index (χ1n) is 8.56. The van der Waals surface area contributed by atoms with Crippen molar-refractivity contribution < 1.29 is 14.0 Å². The van der Waals surface area contributed by atoms with E-state index in [4.69, 9.17) is 11.6 Å². The number of anilines is 1. The Labute approximate surface area is 157 Å². The molecule has 2 aromatic carbocycles. The average molecular weight is 375 g/mol. The first kappa shape index (κ1) is 18.4. The van der Waals surface area contributed by atoms with E-state index in [0.29, 0.717) is 42.2 Å². The number of carbonyl (C=O) groups excluding carboxylic acids is 2. The molecule has 4 nitrogen and oxygen atoms in total. The molecular weight excluding hydrogens is 355 g/mol. The molecule has 0 spiro atoms. The zero-order chi connectivity index (χ0) is 18.7. The van der Waals surface area contributed by atoms with Gasteiger partial charge < -0.3 is 10.2 Å². The van der Waals surface area contributed by atoms with Crippen LogP contribution < -0.4 is 5.32 Å². The maximum Gasteiger partial charge on any atom is 0.253 e. The van der Waals surface area contributed by atoms with Gasteiger partial charge in [0.05, 0.1) is 0 Å². The third-order valence-corrected chi connectivity index (χ3v) is 5.09. The third kappa shape index (κ3) is 4.22. The van der Waals surface area contributed by atoms with Gasteiger partial charge in [0.1, 0.15) is 5.82 Å². The summed E-state index contributed by atoms with van der Waals surface area (Å²) in [6, 6.07) is 11.0. The zero-order valence-corrected chi connectivity index (χ0v) is 15.2. The number of rotatable bonds is 3. The number of amides is 2. The summed E-state index contributed by atoms with van der Waals surface area (Å²) in [5.74, 6) is -0.700. The molecule has 1 saturated heterocycles. The van der Waals surface area contributed by atoms with Gasteiger partial charge in [0.15, 0.2) is 0 Å². The number of carbonyl (C=O) groups is 2. The molecule has 1 N–H and O–H groups in total. The molecule has 2 aromatic rings. The fraction of sp³-hybridized carbons (Fsp3) is 0.300. The molecule has 1 heterocycles. The van der Waals surface area contributed by atoms with E-state index in [1.54, 1.807) is 11.0 Å². The predicted molar refractivity (Wildman–Crippen MR) is 99.8 cm³/mol. The molecule has 136 valence electrons. The van der Waals surface area contributed by atoms with Crippen LogP contribution in [0.5, 0.6) is 0 Å². The van der Waals surface area contributed by atoms with E-state index in [2.05, 4.69) is 5.32 Å². The lowest BCUT2D eigenvalue weighted by Gasteiger charge is -2.31. The lowest BCUT2D eigenvalue weighted by molar-refractivity contribution is -0.121. The minimum absolute atomic E-state index is 0.0567. The fourth-order valence-corrected chi connectivity index (χ4v) is 3.22. The van der Waals surface area contributed by atoms with Crippen molar-refractivity contribution in [3.8, 4) is 0 Å². The Balaban J connectivity index is 1.55. The lowest BCUT2D eigenvalue weighted by Crippen LogP contribution is -2.41. The first-order valence-corrected chi connectivity index (χ1v) is 8.93. The van der Waals surface area contributed by atoms with E-state index in [9.17, 15) is 14.0 Å². The molecule has 0 atom stereocenters. The van der Waals surface area contributed by atoms with Gasteiger partial charge in [-0.3, -0.25) is 9.59 Å². The van der Waals surface area contributed by atoms with Gasteiger partial charge in [-0.25, -0.2) is 4.39 Å². The standard InChI is InChI=1S/C20H20ClFN2O2/c1-13-2-7-17(12-18(13)21)23-19(25)14-8-10-24(11-9-14)20(26)15-3-5-16(22)6-4-15/h2-7,12,14H,8-11H2,1H3,(H,23,25). The second-order valence-corrected chi connectivity index (χ2v) is 6.93. The summed E-state index contributed by atoms with van der Waals surface area (Å²) in [5, 5.41) is 3.51. The summed E-state index contributed by atoms with van der Waals surface area (Å²) in [4.78, 5) is 26.6. The number of halogens is 2. The highest BCUT2D eigenvalue weighted by Crippen LogP contribution is 2.23. The monoisotopic (exact) mass is 374 g/mol. The highest BCUT2D eigenvalue weighted by Gasteiger charge is 2.28. The van der Waals surface area contributed by atoms with Crippen molar-refractivity contribution in [2.75, 3.05) is 18.4 Å². The van der Waals surface area contributed by atoms with Crippen LogP contribution in [0.2, 0.25) is 5.02 Å². The number of hydrogen-bond donors (Lipinski definition) is 1. The quantitative estimate of drug-likeness (QED) is 0.871. The molecule has 0 bridgehead atoms. The summed E-state index contributed by atoms with van der Waals surface area (Å²) in [6.45, 7) is 2.91. The Morgan fingerprint density at radius 3 is 2.38 bits per heavy atom. The van der Waals surface area contributed by atoms with Crippen molar-refractivity contribution in [3.63, 3.8) is 0 Å². The maximum atomic E-state index is 13.0. The Kier molecular flexibility index (Phi) is 5.57. The lowest BCUT2D eigenvalue weighted by atomic mass is 9.95. The van der Waals surface area contributed by atoms with Gasteiger partial charge in [-0.05, 0) is 61.7 Å². The minimum atomic E-state index is -0.367. The second kappa shape index (κ2) is 7.87. The van der Waals surface area contributed by atoms with E-state index in [1.807, 2.05) is 19.1 Å². The van der Waals surface area contributed by atoms with Crippen LogP contribution in [0.4, 0.5) is 10.1 Å². The highest BCUT2D eigenvalue weighted by atomic mass is 35.5. The number of hydrogen-bond acceptors (Lipinski definition) is 2. The van der Waals surface area contributed by atoms with Crippen molar-refractivity contribution in [1.29, 1.82) is 0 Å². The van der Waals surface area contributed by atoms with Gasteiger partial charge in [0, 0.05) is 35.3 Å². The van der Waals surface area contributed by atoms with Crippen molar-refractivity contribution in [1.82, 2.24) is 4.90 Å². The predicted octanol–water partition coefficient (Wildman–Crippen LogP) is 4.28. The number of nitrogens with one attached hydrogen (secondary N) is 1. The van der Waals surface area contributed by atoms with Gasteiger partial charge in [0.25, 0.3) is 5.91 Å². The van der Waals surface area contributed by atoms with Crippen LogP contribution in [0.3, 0.4) is 0 Å². The van der Waals surface area contributed by atoms with E-state index < -0.39 is 0 Å². The van der Waals surface area contributed by atoms with Gasteiger partial charge >= 0.3 is 0 Å². The number of aryl methyl sites for hydroxylation is 1. The minimum Gasteiger partial charge on any atom is -0.339 e. The topological polar surface area (TPSA) is 49.4 Å². The van der Waals surface area contributed by atoms with Crippen LogP contribution in [0.15, 0.2) is 42.5 Å². The van der Waals surface area contributed by atoms with Gasteiger partial charge in [0.2, 0.25) is 5.91 Å². The summed E-state index contributed by atoms with van der Waals surface area (Å²) in [7, 11) is 0. The molecule has 0 radical (unpaired) electrons. The van der Waals surface area contributed by atoms with E-state index in [0.717, 1.165) is 5.56 Å². The number of nitrogens with zero attached hydrogens (tertiary/aromatic N) is 1. The van der Waals surface area contributed by atoms with Crippen LogP contribution in [-0.2, 0) is 4.79 Å². The first-order chi connectivity index (χ1) is 12.4. The second-order valence-electron chi connectivity index (χ2n) is 6.53. The van der Waals surface area contributed by atoms with Crippen molar-refractivity contribution in [2.24, 2.45) is 5.92 Å². The van der Waals surface area contributed by atoms with E-state index >= 15 is 0 Å². The molecule has 3 rings (SSSR count). The molecular formula is C20H20ClFN2O2. The fourth-order valence-electron chi connectivity index (χ4n) is 3.03. The van der Waals surface area contributed by atoms with E-state index in [1.165, 1.54) is 24.3 Å². The molecule has 6 heteroatoms. The van der Waals surface area contributed by atoms with Crippen LogP contribution in [0.25, 0.3) is 0 Å². The van der Waals surface area contributed by atoms with Gasteiger partial charge in [-0.1, -0.05) is 17.7 Å². The molecule has 1 aliphatic rings. The molecule has 0 saturated carbocycles. The Hall–Kier alpha value is -2.40. The van der Waals surface area contributed by atoms with Gasteiger partial charge in [-0.15, -0.1) is 0 Å². The third-order valence-electron chi connectivity index (χ3n) is 4.68. The summed E-state index contributed by atoms with van der Waals surface area (Å²) in [6.07, 6.45) is 1.19. The highest BCUT2D eigenvalue weighted by molar-refractivity contribution is 6.31. The maximum absolute atomic E-state index is 13.0. The van der Waals surface area contributed by atoms with Crippen LogP contribution in [0.1, 0.15) is 28.8 Å². The molecule has 2 amide bonds. The van der Waals surface area contributed by atoms with Crippen LogP contribution >= 0.6 is 11.6 Å². The summed E-state index contributed by atoms with van der Waals surface area (Å²) in [5.41, 5.74) is 2.09. The van der Waals surface area contributed by atoms with Crippen LogP contribution in [-0.4, -0.2) is 29.8 Å². The van der Waals surface area contributed by atoms with E-state index in [-0.39, 0.29) is 23.5 Å². The Morgan fingerprint density at radius 1 is 1.12 bits per heavy atom. The Bertz CT molecular complexity index is 815. The number of benzene rings is 2. The van der Waals surface area contributed by atoms with Crippen molar-refractivity contribution >= 4 is 29.1 Å². The molecule has 0 aliphatic carbocycles. The number of likely N-dealkylation sites (tertiary alicyclic amines) is 1. The smallest absolute Gasteiger partial charge is 0.253 e.